The molecule has 0 unspecified atom stereocenters. The molecule has 0 radical (unpaired) electrons. The van der Waals surface area contributed by atoms with E-state index in [1.54, 1.807) is 18.2 Å². The molecule has 3 N–H and O–H groups in total. The van der Waals surface area contributed by atoms with Crippen LogP contribution in [0.4, 0.5) is 5.69 Å². The van der Waals surface area contributed by atoms with E-state index in [1.165, 1.54) is 38.3 Å². The van der Waals surface area contributed by atoms with Crippen LogP contribution in [0.15, 0.2) is 42.5 Å². The van der Waals surface area contributed by atoms with Gasteiger partial charge >= 0.3 is 5.97 Å². The Balaban J connectivity index is 1.99. The first-order chi connectivity index (χ1) is 12.3. The fourth-order valence-corrected chi connectivity index (χ4v) is 2.19. The van der Waals surface area contributed by atoms with Crippen molar-refractivity contribution in [1.29, 1.82) is 0 Å². The highest BCUT2D eigenvalue weighted by Gasteiger charge is 2.20. The molecule has 26 heavy (non-hydrogen) atoms. The predicted molar refractivity (Wildman–Crippen MR) is 96.2 cm³/mol. The van der Waals surface area contributed by atoms with E-state index >= 15 is 0 Å². The van der Waals surface area contributed by atoms with Crippen LogP contribution in [0.3, 0.4) is 0 Å². The summed E-state index contributed by atoms with van der Waals surface area (Å²) in [6.45, 7) is 3.32. The zero-order valence-corrected chi connectivity index (χ0v) is 14.7. The lowest BCUT2D eigenvalue weighted by atomic mass is 10.1. The predicted octanol–water partition coefficient (Wildman–Crippen LogP) is 2.29. The van der Waals surface area contributed by atoms with Crippen molar-refractivity contribution in [1.82, 2.24) is 0 Å². The van der Waals surface area contributed by atoms with Crippen LogP contribution in [0.5, 0.6) is 5.75 Å². The molecule has 0 aliphatic carbocycles. The lowest BCUT2D eigenvalue weighted by Crippen LogP contribution is -2.30. The zero-order valence-electron chi connectivity index (χ0n) is 14.7. The maximum Gasteiger partial charge on any atom is 0.339 e. The van der Waals surface area contributed by atoms with Gasteiger partial charge in [-0.2, -0.15) is 0 Å². The summed E-state index contributed by atoms with van der Waals surface area (Å²) in [5, 5.41) is 2.60. The summed E-state index contributed by atoms with van der Waals surface area (Å²) in [6.07, 6.45) is -1.01. The third-order valence-electron chi connectivity index (χ3n) is 3.73. The molecular formula is C19H20N2O5. The number of hydrogen-bond acceptors (Lipinski definition) is 5. The van der Waals surface area contributed by atoms with Crippen molar-refractivity contribution in [3.63, 3.8) is 0 Å². The SMILES string of the molecule is COc1cc(C(=O)O[C@@H](C)C(=O)Nc2ccc(C(N)=O)cc2)ccc1C. The van der Waals surface area contributed by atoms with E-state index in [9.17, 15) is 14.4 Å². The number of carbonyl (C=O) groups is 3. The second-order valence-electron chi connectivity index (χ2n) is 5.66. The Labute approximate surface area is 151 Å². The number of benzene rings is 2. The van der Waals surface area contributed by atoms with Crippen LogP contribution in [0.1, 0.15) is 33.2 Å². The Kier molecular flexibility index (Phi) is 5.95. The van der Waals surface area contributed by atoms with Crippen molar-refractivity contribution in [2.24, 2.45) is 5.73 Å². The number of ether oxygens (including phenoxy) is 2. The topological polar surface area (TPSA) is 108 Å². The van der Waals surface area contributed by atoms with Gasteiger partial charge in [-0.3, -0.25) is 9.59 Å². The van der Waals surface area contributed by atoms with Gasteiger partial charge in [0, 0.05) is 11.3 Å². The monoisotopic (exact) mass is 356 g/mol. The molecule has 0 bridgehead atoms. The second-order valence-corrected chi connectivity index (χ2v) is 5.66. The summed E-state index contributed by atoms with van der Waals surface area (Å²) in [7, 11) is 1.51. The first-order valence-corrected chi connectivity index (χ1v) is 7.88. The minimum atomic E-state index is -1.01. The smallest absolute Gasteiger partial charge is 0.339 e. The average Bonchev–Trinajstić information content (AvgIpc) is 2.62. The normalized spacial score (nSPS) is 11.3. The molecule has 0 aromatic heterocycles. The van der Waals surface area contributed by atoms with Gasteiger partial charge in [0.2, 0.25) is 5.91 Å². The van der Waals surface area contributed by atoms with Crippen molar-refractivity contribution in [3.8, 4) is 5.75 Å². The summed E-state index contributed by atoms with van der Waals surface area (Å²) in [5.74, 6) is -1.12. The Morgan fingerprint density at radius 1 is 1.04 bits per heavy atom. The number of methoxy groups -OCH3 is 1. The molecule has 2 aromatic carbocycles. The molecule has 0 aliphatic rings. The number of anilines is 1. The van der Waals surface area contributed by atoms with Gasteiger partial charge in [0.25, 0.3) is 5.91 Å². The van der Waals surface area contributed by atoms with E-state index in [0.29, 0.717) is 17.0 Å². The maximum absolute atomic E-state index is 12.2. The number of nitrogens with one attached hydrogen (secondary N) is 1. The number of carbonyl (C=O) groups excluding carboxylic acids is 3. The van der Waals surface area contributed by atoms with Gasteiger partial charge in [-0.25, -0.2) is 4.79 Å². The van der Waals surface area contributed by atoms with Gasteiger partial charge in [0.05, 0.1) is 12.7 Å². The average molecular weight is 356 g/mol. The third kappa shape index (κ3) is 4.60. The molecule has 0 heterocycles. The molecule has 7 nitrogen and oxygen atoms in total. The van der Waals surface area contributed by atoms with Gasteiger partial charge in [-0.15, -0.1) is 0 Å². The Morgan fingerprint density at radius 3 is 2.23 bits per heavy atom. The minimum absolute atomic E-state index is 0.290. The number of hydrogen-bond donors (Lipinski definition) is 2. The van der Waals surface area contributed by atoms with Crippen molar-refractivity contribution >= 4 is 23.5 Å². The summed E-state index contributed by atoms with van der Waals surface area (Å²) in [4.78, 5) is 35.4. The highest BCUT2D eigenvalue weighted by atomic mass is 16.5. The summed E-state index contributed by atoms with van der Waals surface area (Å²) in [5.41, 5.74) is 7.12. The molecule has 2 aromatic rings. The highest BCUT2D eigenvalue weighted by Crippen LogP contribution is 2.20. The summed E-state index contributed by atoms with van der Waals surface area (Å²) < 4.78 is 10.4. The van der Waals surface area contributed by atoms with Crippen LogP contribution >= 0.6 is 0 Å². The number of rotatable bonds is 6. The lowest BCUT2D eigenvalue weighted by molar-refractivity contribution is -0.123. The van der Waals surface area contributed by atoms with Crippen LogP contribution in [-0.4, -0.2) is 31.0 Å². The second kappa shape index (κ2) is 8.15. The number of nitrogens with two attached hydrogens (primary N) is 1. The van der Waals surface area contributed by atoms with Crippen LogP contribution in [0, 0.1) is 6.92 Å². The van der Waals surface area contributed by atoms with Crippen molar-refractivity contribution in [2.45, 2.75) is 20.0 Å². The molecule has 7 heteroatoms. The first kappa shape index (κ1) is 19.0. The third-order valence-corrected chi connectivity index (χ3v) is 3.73. The number of esters is 1. The van der Waals surface area contributed by atoms with Gasteiger partial charge in [0.1, 0.15) is 5.75 Å². The number of amides is 2. The number of aryl methyl sites for hydroxylation is 1. The fourth-order valence-electron chi connectivity index (χ4n) is 2.19. The zero-order chi connectivity index (χ0) is 19.3. The maximum atomic E-state index is 12.2. The van der Waals surface area contributed by atoms with E-state index in [-0.39, 0.29) is 5.56 Å². The fraction of sp³-hybridized carbons (Fsp3) is 0.211. The Hall–Kier alpha value is -3.35. The van der Waals surface area contributed by atoms with Crippen molar-refractivity contribution in [2.75, 3.05) is 12.4 Å². The van der Waals surface area contributed by atoms with Crippen molar-refractivity contribution < 1.29 is 23.9 Å². The Morgan fingerprint density at radius 2 is 1.65 bits per heavy atom. The molecule has 1 atom stereocenters. The lowest BCUT2D eigenvalue weighted by Gasteiger charge is -2.14. The van der Waals surface area contributed by atoms with Gasteiger partial charge in [-0.1, -0.05) is 6.07 Å². The minimum Gasteiger partial charge on any atom is -0.496 e. The van der Waals surface area contributed by atoms with E-state index in [1.807, 2.05) is 6.92 Å². The van der Waals surface area contributed by atoms with Crippen LogP contribution in [-0.2, 0) is 9.53 Å². The number of primary amides is 1. The van der Waals surface area contributed by atoms with Gasteiger partial charge in [0.15, 0.2) is 6.10 Å². The van der Waals surface area contributed by atoms with Gasteiger partial charge in [-0.05, 0) is 55.8 Å². The van der Waals surface area contributed by atoms with E-state index < -0.39 is 23.9 Å². The molecule has 2 amide bonds. The molecule has 0 fully saturated rings. The van der Waals surface area contributed by atoms with E-state index in [4.69, 9.17) is 15.2 Å². The van der Waals surface area contributed by atoms with Crippen molar-refractivity contribution in [3.05, 3.63) is 59.2 Å². The van der Waals surface area contributed by atoms with E-state index in [0.717, 1.165) is 5.56 Å². The molecule has 0 spiro atoms. The Bertz CT molecular complexity index is 830. The summed E-state index contributed by atoms with van der Waals surface area (Å²) in [6, 6.07) is 11.0. The molecule has 0 saturated carbocycles. The van der Waals surface area contributed by atoms with Crippen LogP contribution in [0.2, 0.25) is 0 Å². The molecule has 0 aliphatic heterocycles. The standard InChI is InChI=1S/C19H20N2O5/c1-11-4-5-14(10-16(11)25-3)19(24)26-12(2)18(23)21-15-8-6-13(7-9-15)17(20)22/h4-10,12H,1-3H3,(H2,20,22)(H,21,23)/t12-/m0/s1. The highest BCUT2D eigenvalue weighted by molar-refractivity contribution is 5.98. The van der Waals surface area contributed by atoms with Crippen LogP contribution in [0.25, 0.3) is 0 Å². The van der Waals surface area contributed by atoms with E-state index in [2.05, 4.69) is 5.32 Å². The van der Waals surface area contributed by atoms with Gasteiger partial charge < -0.3 is 20.5 Å². The largest absolute Gasteiger partial charge is 0.496 e. The quantitative estimate of drug-likeness (QED) is 0.772. The molecular weight excluding hydrogens is 336 g/mol. The first-order valence-electron chi connectivity index (χ1n) is 7.88. The molecule has 136 valence electrons. The van der Waals surface area contributed by atoms with Crippen LogP contribution < -0.4 is 15.8 Å². The molecule has 0 saturated heterocycles. The summed E-state index contributed by atoms with van der Waals surface area (Å²) >= 11 is 0. The molecule has 2 rings (SSSR count).